The summed E-state index contributed by atoms with van der Waals surface area (Å²) in [6, 6.07) is 13.9. The Morgan fingerprint density at radius 3 is 2.90 bits per heavy atom. The van der Waals surface area contributed by atoms with Crippen molar-refractivity contribution in [2.75, 3.05) is 0 Å². The number of hydrogen-bond donors (Lipinski definition) is 1. The fraction of sp³-hybridized carbons (Fsp3) is 0.280. The largest absolute Gasteiger partial charge is 0.488 e. The zero-order chi connectivity index (χ0) is 20.9. The van der Waals surface area contributed by atoms with Crippen molar-refractivity contribution in [2.24, 2.45) is 0 Å². The van der Waals surface area contributed by atoms with E-state index < -0.39 is 5.97 Å². The minimum atomic E-state index is -0.962. The molecule has 0 radical (unpaired) electrons. The van der Waals surface area contributed by atoms with Crippen LogP contribution < -0.4 is 4.74 Å². The maximum absolute atomic E-state index is 11.5. The number of hydrogen-bond acceptors (Lipinski definition) is 3. The van der Waals surface area contributed by atoms with Crippen molar-refractivity contribution in [3.63, 3.8) is 0 Å². The van der Waals surface area contributed by atoms with Crippen LogP contribution in [-0.2, 0) is 30.8 Å². The van der Waals surface area contributed by atoms with Crippen LogP contribution in [0.25, 0.3) is 5.57 Å². The average molecular weight is 402 g/mol. The van der Waals surface area contributed by atoms with Gasteiger partial charge in [0.1, 0.15) is 18.2 Å². The van der Waals surface area contributed by atoms with Gasteiger partial charge in [0.2, 0.25) is 0 Å². The smallest absolute Gasteiger partial charge is 0.328 e. The van der Waals surface area contributed by atoms with Crippen LogP contribution in [0.5, 0.6) is 5.75 Å². The maximum atomic E-state index is 11.5. The highest BCUT2D eigenvalue weighted by Crippen LogP contribution is 2.37. The van der Waals surface area contributed by atoms with Gasteiger partial charge in [-0.25, -0.2) is 9.78 Å². The first-order valence-electron chi connectivity index (χ1n) is 10.4. The second kappa shape index (κ2) is 8.99. The number of rotatable bonds is 7. The van der Waals surface area contributed by atoms with E-state index in [2.05, 4.69) is 22.5 Å². The van der Waals surface area contributed by atoms with E-state index in [4.69, 9.17) is 4.74 Å². The van der Waals surface area contributed by atoms with Crippen molar-refractivity contribution < 1.29 is 14.6 Å². The van der Waals surface area contributed by atoms with Crippen LogP contribution in [0.1, 0.15) is 47.8 Å². The number of fused-ring (bicyclic) bond motifs is 2. The Morgan fingerprint density at radius 1 is 1.20 bits per heavy atom. The summed E-state index contributed by atoms with van der Waals surface area (Å²) in [5, 5.41) is 9.41. The van der Waals surface area contributed by atoms with E-state index in [-0.39, 0.29) is 0 Å². The average Bonchev–Trinajstić information content (AvgIpc) is 3.14. The van der Waals surface area contributed by atoms with Crippen LogP contribution in [0.15, 0.2) is 60.9 Å². The molecule has 1 aliphatic heterocycles. The van der Waals surface area contributed by atoms with Crippen LogP contribution in [0.2, 0.25) is 0 Å². The minimum Gasteiger partial charge on any atom is -0.488 e. The molecule has 5 heteroatoms. The molecule has 0 spiro atoms. The number of carboxylic acid groups (broad SMARTS) is 1. The Bertz CT molecular complexity index is 1080. The van der Waals surface area contributed by atoms with Gasteiger partial charge in [-0.1, -0.05) is 49.7 Å². The quantitative estimate of drug-likeness (QED) is 0.572. The Morgan fingerprint density at radius 2 is 2.07 bits per heavy atom. The number of unbranched alkanes of at least 4 members (excludes halogenated alkanes) is 1. The van der Waals surface area contributed by atoms with Crippen molar-refractivity contribution in [3.05, 3.63) is 89.0 Å². The van der Waals surface area contributed by atoms with E-state index in [0.29, 0.717) is 12.2 Å². The van der Waals surface area contributed by atoms with Crippen molar-refractivity contribution in [3.8, 4) is 5.75 Å². The topological polar surface area (TPSA) is 64.4 Å². The summed E-state index contributed by atoms with van der Waals surface area (Å²) in [5.41, 5.74) is 4.56. The van der Waals surface area contributed by atoms with Crippen molar-refractivity contribution in [1.29, 1.82) is 0 Å². The van der Waals surface area contributed by atoms with Gasteiger partial charge in [-0.3, -0.25) is 0 Å². The molecular weight excluding hydrogens is 376 g/mol. The Kier molecular flexibility index (Phi) is 5.98. The molecule has 0 saturated carbocycles. The molecule has 2 aromatic carbocycles. The first-order chi connectivity index (χ1) is 14.7. The van der Waals surface area contributed by atoms with Gasteiger partial charge in [0.15, 0.2) is 0 Å². The summed E-state index contributed by atoms with van der Waals surface area (Å²) in [4.78, 5) is 16.0. The van der Waals surface area contributed by atoms with Gasteiger partial charge in [0.05, 0.1) is 0 Å². The number of aromatic nitrogens is 2. The number of carbonyl (C=O) groups is 1. The fourth-order valence-electron chi connectivity index (χ4n) is 3.91. The second-order valence-electron chi connectivity index (χ2n) is 7.56. The van der Waals surface area contributed by atoms with Gasteiger partial charge in [0, 0.05) is 42.6 Å². The van der Waals surface area contributed by atoms with Crippen molar-refractivity contribution in [2.45, 2.75) is 45.8 Å². The molecule has 5 nitrogen and oxygen atoms in total. The number of imidazole rings is 1. The van der Waals surface area contributed by atoms with Crippen molar-refractivity contribution >= 4 is 11.5 Å². The normalized spacial score (nSPS) is 14.0. The second-order valence-corrected chi connectivity index (χ2v) is 7.56. The molecule has 30 heavy (non-hydrogen) atoms. The fourth-order valence-corrected chi connectivity index (χ4v) is 3.91. The number of nitrogens with zero attached hydrogens (tertiary/aromatic N) is 2. The lowest BCUT2D eigenvalue weighted by molar-refractivity contribution is -0.131. The molecule has 4 rings (SSSR count). The van der Waals surface area contributed by atoms with E-state index in [1.54, 1.807) is 0 Å². The number of aryl methyl sites for hydroxylation is 3. The van der Waals surface area contributed by atoms with Crippen LogP contribution in [0.3, 0.4) is 0 Å². The standard InChI is InChI=1S/C25H26N2O3/c1-2-3-8-24-26-12-14-27(24)13-11-18-9-10-21-22(16-25(28)29)20-7-5-4-6-19(20)17-30-23(21)15-18/h4-7,9-10,12,14-16H,2-3,8,11,13,17H2,1H3,(H,28,29). The molecule has 0 atom stereocenters. The zero-order valence-electron chi connectivity index (χ0n) is 17.2. The highest BCUT2D eigenvalue weighted by molar-refractivity contribution is 5.97. The molecule has 1 aromatic heterocycles. The molecule has 0 unspecified atom stereocenters. The monoisotopic (exact) mass is 402 g/mol. The number of aliphatic carboxylic acids is 1. The van der Waals surface area contributed by atoms with Gasteiger partial charge >= 0.3 is 5.97 Å². The van der Waals surface area contributed by atoms with Gasteiger partial charge in [-0.2, -0.15) is 0 Å². The van der Waals surface area contributed by atoms with Crippen LogP contribution in [-0.4, -0.2) is 20.6 Å². The Balaban J connectivity index is 1.59. The molecule has 2 heterocycles. The molecule has 0 saturated heterocycles. The lowest BCUT2D eigenvalue weighted by atomic mass is 9.93. The summed E-state index contributed by atoms with van der Waals surface area (Å²) >= 11 is 0. The molecule has 3 aromatic rings. The summed E-state index contributed by atoms with van der Waals surface area (Å²) in [5.74, 6) is 0.898. The molecule has 0 aliphatic carbocycles. The predicted octanol–water partition coefficient (Wildman–Crippen LogP) is 4.88. The maximum Gasteiger partial charge on any atom is 0.328 e. The minimum absolute atomic E-state index is 0.423. The summed E-state index contributed by atoms with van der Waals surface area (Å²) < 4.78 is 8.30. The summed E-state index contributed by atoms with van der Waals surface area (Å²) in [6.07, 6.45) is 9.33. The number of benzene rings is 2. The van der Waals surface area contributed by atoms with Crippen molar-refractivity contribution in [1.82, 2.24) is 9.55 Å². The zero-order valence-corrected chi connectivity index (χ0v) is 17.2. The van der Waals surface area contributed by atoms with E-state index in [0.717, 1.165) is 66.1 Å². The van der Waals surface area contributed by atoms with Crippen LogP contribution in [0, 0.1) is 0 Å². The first kappa shape index (κ1) is 20.0. The SMILES string of the molecule is CCCCc1nccn1CCc1ccc2c(c1)OCc1ccccc1C2=CC(=O)O. The van der Waals surface area contributed by atoms with Gasteiger partial charge in [-0.05, 0) is 35.6 Å². The van der Waals surface area contributed by atoms with Gasteiger partial charge in [-0.15, -0.1) is 0 Å². The molecule has 0 amide bonds. The lowest BCUT2D eigenvalue weighted by Gasteiger charge is -2.12. The third kappa shape index (κ3) is 4.30. The third-order valence-electron chi connectivity index (χ3n) is 5.49. The molecule has 1 aliphatic rings. The molecule has 1 N–H and O–H groups in total. The third-order valence-corrected chi connectivity index (χ3v) is 5.49. The van der Waals surface area contributed by atoms with E-state index in [1.165, 1.54) is 6.08 Å². The molecule has 0 bridgehead atoms. The summed E-state index contributed by atoms with van der Waals surface area (Å²) in [6.45, 7) is 3.47. The summed E-state index contributed by atoms with van der Waals surface area (Å²) in [7, 11) is 0. The van der Waals surface area contributed by atoms with E-state index in [1.807, 2.05) is 48.8 Å². The molecule has 154 valence electrons. The van der Waals surface area contributed by atoms with E-state index >= 15 is 0 Å². The number of ether oxygens (including phenoxy) is 1. The highest BCUT2D eigenvalue weighted by Gasteiger charge is 2.20. The first-order valence-corrected chi connectivity index (χ1v) is 10.4. The lowest BCUT2D eigenvalue weighted by Crippen LogP contribution is -2.06. The van der Waals surface area contributed by atoms with Gasteiger partial charge < -0.3 is 14.4 Å². The van der Waals surface area contributed by atoms with Crippen LogP contribution in [0.4, 0.5) is 0 Å². The number of carboxylic acids is 1. The molecular formula is C25H26N2O3. The Hall–Kier alpha value is -3.34. The van der Waals surface area contributed by atoms with Gasteiger partial charge in [0.25, 0.3) is 0 Å². The van der Waals surface area contributed by atoms with Crippen LogP contribution >= 0.6 is 0 Å². The highest BCUT2D eigenvalue weighted by atomic mass is 16.5. The van der Waals surface area contributed by atoms with E-state index in [9.17, 15) is 9.90 Å². The predicted molar refractivity (Wildman–Crippen MR) is 116 cm³/mol. The Labute approximate surface area is 176 Å². The molecule has 0 fully saturated rings.